The molecule has 1 atom stereocenters. The van der Waals surface area contributed by atoms with Crippen LogP contribution in [-0.4, -0.2) is 43.2 Å². The second-order valence-corrected chi connectivity index (χ2v) is 5.40. The lowest BCUT2D eigenvalue weighted by atomic mass is 9.86. The van der Waals surface area contributed by atoms with Crippen molar-refractivity contribution >= 4 is 5.91 Å². The van der Waals surface area contributed by atoms with Crippen LogP contribution in [0.2, 0.25) is 0 Å². The molecule has 1 aliphatic heterocycles. The molecule has 1 unspecified atom stereocenters. The van der Waals surface area contributed by atoms with E-state index in [0.29, 0.717) is 12.0 Å². The van der Waals surface area contributed by atoms with Crippen LogP contribution < -0.4 is 5.73 Å². The van der Waals surface area contributed by atoms with Crippen LogP contribution in [0.25, 0.3) is 0 Å². The Morgan fingerprint density at radius 1 is 1.24 bits per heavy atom. The molecule has 4 heteroatoms. The number of nitrogens with zero attached hydrogens (tertiary/aromatic N) is 1. The van der Waals surface area contributed by atoms with Crippen molar-refractivity contribution in [1.29, 1.82) is 0 Å². The number of likely N-dealkylation sites (tertiary alicyclic amines) is 1. The molecule has 0 radical (unpaired) electrons. The maximum absolute atomic E-state index is 12.3. The van der Waals surface area contributed by atoms with Crippen LogP contribution in [0.4, 0.5) is 0 Å². The molecule has 2 fully saturated rings. The van der Waals surface area contributed by atoms with Gasteiger partial charge in [-0.05, 0) is 38.5 Å². The van der Waals surface area contributed by atoms with Gasteiger partial charge in [-0.1, -0.05) is 0 Å². The van der Waals surface area contributed by atoms with Gasteiger partial charge in [0, 0.05) is 32.2 Å². The van der Waals surface area contributed by atoms with Crippen LogP contribution in [0.5, 0.6) is 0 Å². The second kappa shape index (κ2) is 5.83. The highest BCUT2D eigenvalue weighted by Gasteiger charge is 2.31. The fourth-order valence-electron chi connectivity index (χ4n) is 3.01. The van der Waals surface area contributed by atoms with Crippen LogP contribution in [0.1, 0.15) is 38.5 Å². The molecule has 2 N–H and O–H groups in total. The maximum Gasteiger partial charge on any atom is 0.225 e. The average molecular weight is 240 g/mol. The Kier molecular flexibility index (Phi) is 4.40. The summed E-state index contributed by atoms with van der Waals surface area (Å²) in [5.74, 6) is 0.543. The predicted octanol–water partition coefficient (Wildman–Crippen LogP) is 1.14. The summed E-state index contributed by atoms with van der Waals surface area (Å²) >= 11 is 0. The summed E-state index contributed by atoms with van der Waals surface area (Å²) in [7, 11) is 1.76. The van der Waals surface area contributed by atoms with Crippen LogP contribution in [0.3, 0.4) is 0 Å². The molecule has 0 aromatic rings. The molecule has 1 heterocycles. The number of amides is 1. The van der Waals surface area contributed by atoms with Crippen LogP contribution in [0, 0.1) is 5.92 Å². The molecule has 0 aromatic carbocycles. The SMILES string of the molecule is COC1CCC(C(=O)N2CCCC(N)C2)CC1. The molecule has 0 bridgehead atoms. The number of carbonyl (C=O) groups is 1. The van der Waals surface area contributed by atoms with Crippen molar-refractivity contribution in [2.45, 2.75) is 50.7 Å². The fraction of sp³-hybridized carbons (Fsp3) is 0.923. The van der Waals surface area contributed by atoms with Gasteiger partial charge in [0.05, 0.1) is 6.10 Å². The molecule has 4 nitrogen and oxygen atoms in total. The van der Waals surface area contributed by atoms with Crippen molar-refractivity contribution in [1.82, 2.24) is 4.90 Å². The third kappa shape index (κ3) is 3.19. The Labute approximate surface area is 103 Å². The molecule has 2 rings (SSSR count). The highest BCUT2D eigenvalue weighted by molar-refractivity contribution is 5.79. The first-order chi connectivity index (χ1) is 8.20. The number of piperidine rings is 1. The summed E-state index contributed by atoms with van der Waals surface area (Å²) in [6.07, 6.45) is 6.47. The molecule has 2 aliphatic rings. The average Bonchev–Trinajstić information content (AvgIpc) is 2.38. The third-order valence-corrected chi connectivity index (χ3v) is 4.13. The van der Waals surface area contributed by atoms with Crippen molar-refractivity contribution in [2.75, 3.05) is 20.2 Å². The van der Waals surface area contributed by atoms with Gasteiger partial charge in [-0.15, -0.1) is 0 Å². The molecule has 1 aliphatic carbocycles. The number of nitrogens with two attached hydrogens (primary N) is 1. The summed E-state index contributed by atoms with van der Waals surface area (Å²) < 4.78 is 5.34. The van der Waals surface area contributed by atoms with Gasteiger partial charge in [0.2, 0.25) is 5.91 Å². The fourth-order valence-corrected chi connectivity index (χ4v) is 3.01. The van der Waals surface area contributed by atoms with Gasteiger partial charge < -0.3 is 15.4 Å². The van der Waals surface area contributed by atoms with Crippen LogP contribution in [-0.2, 0) is 9.53 Å². The number of hydrogen-bond donors (Lipinski definition) is 1. The molecule has 1 saturated heterocycles. The summed E-state index contributed by atoms with van der Waals surface area (Å²) in [6, 6.07) is 0.183. The van der Waals surface area contributed by atoms with Crippen LogP contribution >= 0.6 is 0 Å². The zero-order chi connectivity index (χ0) is 12.3. The minimum atomic E-state index is 0.183. The molecular weight excluding hydrogens is 216 g/mol. The Balaban J connectivity index is 1.83. The first-order valence-corrected chi connectivity index (χ1v) is 6.78. The van der Waals surface area contributed by atoms with Gasteiger partial charge >= 0.3 is 0 Å². The summed E-state index contributed by atoms with van der Waals surface area (Å²) in [5, 5.41) is 0. The van der Waals surface area contributed by atoms with Crippen molar-refractivity contribution < 1.29 is 9.53 Å². The molecular formula is C13H24N2O2. The molecule has 98 valence electrons. The highest BCUT2D eigenvalue weighted by Crippen LogP contribution is 2.28. The van der Waals surface area contributed by atoms with Gasteiger partial charge in [0.1, 0.15) is 0 Å². The first-order valence-electron chi connectivity index (χ1n) is 6.78. The zero-order valence-corrected chi connectivity index (χ0v) is 10.7. The summed E-state index contributed by atoms with van der Waals surface area (Å²) in [5.41, 5.74) is 5.92. The van der Waals surface area contributed by atoms with Gasteiger partial charge in [-0.3, -0.25) is 4.79 Å². The van der Waals surface area contributed by atoms with Crippen LogP contribution in [0.15, 0.2) is 0 Å². The van der Waals surface area contributed by atoms with Gasteiger partial charge in [0.15, 0.2) is 0 Å². The summed E-state index contributed by atoms with van der Waals surface area (Å²) in [6.45, 7) is 1.65. The van der Waals surface area contributed by atoms with E-state index in [-0.39, 0.29) is 12.0 Å². The Hall–Kier alpha value is -0.610. The minimum absolute atomic E-state index is 0.183. The van der Waals surface area contributed by atoms with Gasteiger partial charge in [-0.2, -0.15) is 0 Å². The molecule has 1 amide bonds. The topological polar surface area (TPSA) is 55.6 Å². The zero-order valence-electron chi connectivity index (χ0n) is 10.7. The predicted molar refractivity (Wildman–Crippen MR) is 66.5 cm³/mol. The Bertz CT molecular complexity index is 262. The van der Waals surface area contributed by atoms with E-state index >= 15 is 0 Å². The number of ether oxygens (including phenoxy) is 1. The van der Waals surface area contributed by atoms with Gasteiger partial charge in [0.25, 0.3) is 0 Å². The lowest BCUT2D eigenvalue weighted by molar-refractivity contribution is -0.138. The van der Waals surface area contributed by atoms with E-state index in [4.69, 9.17) is 10.5 Å². The standard InChI is InChI=1S/C13H24N2O2/c1-17-12-6-4-10(5-7-12)13(16)15-8-2-3-11(14)9-15/h10-12H,2-9,14H2,1H3. The van der Waals surface area contributed by atoms with E-state index in [2.05, 4.69) is 0 Å². The molecule has 0 aromatic heterocycles. The Morgan fingerprint density at radius 3 is 2.53 bits per heavy atom. The maximum atomic E-state index is 12.3. The van der Waals surface area contributed by atoms with Gasteiger partial charge in [-0.25, -0.2) is 0 Å². The van der Waals surface area contributed by atoms with E-state index in [1.54, 1.807) is 7.11 Å². The highest BCUT2D eigenvalue weighted by atomic mass is 16.5. The van der Waals surface area contributed by atoms with E-state index in [1.165, 1.54) is 0 Å². The number of hydrogen-bond acceptors (Lipinski definition) is 3. The molecule has 0 spiro atoms. The lowest BCUT2D eigenvalue weighted by Gasteiger charge is -2.35. The third-order valence-electron chi connectivity index (χ3n) is 4.13. The van der Waals surface area contributed by atoms with E-state index in [1.807, 2.05) is 4.90 Å². The quantitative estimate of drug-likeness (QED) is 0.787. The van der Waals surface area contributed by atoms with Crippen molar-refractivity contribution in [3.8, 4) is 0 Å². The smallest absolute Gasteiger partial charge is 0.225 e. The van der Waals surface area contributed by atoms with E-state index in [9.17, 15) is 4.79 Å². The van der Waals surface area contributed by atoms with E-state index in [0.717, 1.165) is 51.6 Å². The largest absolute Gasteiger partial charge is 0.381 e. The lowest BCUT2D eigenvalue weighted by Crippen LogP contribution is -2.48. The summed E-state index contributed by atoms with van der Waals surface area (Å²) in [4.78, 5) is 14.3. The Morgan fingerprint density at radius 2 is 1.94 bits per heavy atom. The van der Waals surface area contributed by atoms with Crippen molar-refractivity contribution in [2.24, 2.45) is 11.7 Å². The monoisotopic (exact) mass is 240 g/mol. The molecule has 17 heavy (non-hydrogen) atoms. The van der Waals surface area contributed by atoms with Crippen molar-refractivity contribution in [3.63, 3.8) is 0 Å². The second-order valence-electron chi connectivity index (χ2n) is 5.40. The van der Waals surface area contributed by atoms with Crippen molar-refractivity contribution in [3.05, 3.63) is 0 Å². The number of carbonyl (C=O) groups excluding carboxylic acids is 1. The first kappa shape index (κ1) is 12.8. The van der Waals surface area contributed by atoms with E-state index < -0.39 is 0 Å². The number of rotatable bonds is 2. The molecule has 1 saturated carbocycles. The minimum Gasteiger partial charge on any atom is -0.381 e. The number of methoxy groups -OCH3 is 1. The normalized spacial score (nSPS) is 34.7.